The van der Waals surface area contributed by atoms with Gasteiger partial charge in [-0.1, -0.05) is 0 Å². The number of morpholine rings is 1. The van der Waals surface area contributed by atoms with Crippen LogP contribution in [0.1, 0.15) is 12.8 Å². The third-order valence-corrected chi connectivity index (χ3v) is 4.74. The third kappa shape index (κ3) is 4.16. The number of hydrogen-bond donors (Lipinski definition) is 1. The Balaban J connectivity index is 1.40. The van der Waals surface area contributed by atoms with E-state index in [9.17, 15) is 4.79 Å². The van der Waals surface area contributed by atoms with Crippen LogP contribution in [-0.4, -0.2) is 87.4 Å². The summed E-state index contributed by atoms with van der Waals surface area (Å²) < 4.78 is 11.0. The molecule has 0 aliphatic carbocycles. The van der Waals surface area contributed by atoms with Crippen molar-refractivity contribution in [1.82, 2.24) is 15.1 Å². The van der Waals surface area contributed by atoms with Crippen molar-refractivity contribution < 1.29 is 14.3 Å². The zero-order chi connectivity index (χ0) is 14.5. The van der Waals surface area contributed by atoms with Crippen LogP contribution in [0.4, 0.5) is 0 Å². The van der Waals surface area contributed by atoms with Gasteiger partial charge in [0, 0.05) is 59.0 Å². The van der Waals surface area contributed by atoms with E-state index in [0.717, 1.165) is 58.4 Å². The van der Waals surface area contributed by atoms with Crippen molar-refractivity contribution in [3.05, 3.63) is 0 Å². The quantitative estimate of drug-likeness (QED) is 0.764. The van der Waals surface area contributed by atoms with Crippen LogP contribution >= 0.6 is 0 Å². The van der Waals surface area contributed by atoms with Gasteiger partial charge < -0.3 is 19.7 Å². The minimum absolute atomic E-state index is 0.160. The fourth-order valence-corrected chi connectivity index (χ4v) is 3.37. The maximum atomic E-state index is 12.4. The van der Waals surface area contributed by atoms with Crippen LogP contribution in [-0.2, 0) is 14.3 Å². The lowest BCUT2D eigenvalue weighted by molar-refractivity contribution is -0.147. The molecule has 6 heteroatoms. The summed E-state index contributed by atoms with van der Waals surface area (Å²) in [5, 5.41) is 3.22. The molecule has 0 aromatic carbocycles. The minimum Gasteiger partial charge on any atom is -0.381 e. The molecule has 0 aromatic rings. The van der Waals surface area contributed by atoms with Crippen molar-refractivity contribution in [2.45, 2.75) is 18.9 Å². The molecule has 1 amide bonds. The lowest BCUT2D eigenvalue weighted by Crippen LogP contribution is -2.55. The van der Waals surface area contributed by atoms with Gasteiger partial charge in [-0.3, -0.25) is 9.69 Å². The Kier molecular flexibility index (Phi) is 5.46. The first kappa shape index (κ1) is 15.2. The first-order chi connectivity index (χ1) is 10.3. The van der Waals surface area contributed by atoms with Crippen molar-refractivity contribution >= 4 is 5.91 Å². The van der Waals surface area contributed by atoms with E-state index in [-0.39, 0.29) is 12.0 Å². The average molecular weight is 297 g/mol. The van der Waals surface area contributed by atoms with Crippen LogP contribution in [0.3, 0.4) is 0 Å². The molecule has 3 aliphatic heterocycles. The van der Waals surface area contributed by atoms with Gasteiger partial charge in [0.15, 0.2) is 0 Å². The topological polar surface area (TPSA) is 54.0 Å². The molecule has 0 aromatic heterocycles. The second-order valence-corrected chi connectivity index (χ2v) is 6.25. The number of hydrogen-bond acceptors (Lipinski definition) is 5. The molecule has 0 spiro atoms. The van der Waals surface area contributed by atoms with Crippen LogP contribution in [0.25, 0.3) is 0 Å². The number of nitrogens with one attached hydrogen (secondary N) is 1. The smallest absolute Gasteiger partial charge is 0.253 e. The predicted molar refractivity (Wildman–Crippen MR) is 79.2 cm³/mol. The highest BCUT2D eigenvalue weighted by Gasteiger charge is 2.29. The molecule has 3 heterocycles. The SMILES string of the molecule is O=C(C1CNCCO1)N1CCN(CC2CCOCC2)CC1. The highest BCUT2D eigenvalue weighted by Crippen LogP contribution is 2.17. The van der Waals surface area contributed by atoms with Crippen LogP contribution in [0, 0.1) is 5.92 Å². The zero-order valence-corrected chi connectivity index (χ0v) is 12.8. The van der Waals surface area contributed by atoms with Crippen LogP contribution in [0.2, 0.25) is 0 Å². The zero-order valence-electron chi connectivity index (χ0n) is 12.8. The van der Waals surface area contributed by atoms with Crippen molar-refractivity contribution in [3.63, 3.8) is 0 Å². The molecule has 0 saturated carbocycles. The third-order valence-electron chi connectivity index (χ3n) is 4.74. The molecule has 3 fully saturated rings. The Hall–Kier alpha value is -0.690. The summed E-state index contributed by atoms with van der Waals surface area (Å²) in [6.45, 7) is 8.78. The summed E-state index contributed by atoms with van der Waals surface area (Å²) in [4.78, 5) is 16.8. The van der Waals surface area contributed by atoms with E-state index in [4.69, 9.17) is 9.47 Å². The lowest BCUT2D eigenvalue weighted by atomic mass is 9.99. The summed E-state index contributed by atoms with van der Waals surface area (Å²) in [5.41, 5.74) is 0. The Labute approximate surface area is 126 Å². The van der Waals surface area contributed by atoms with Gasteiger partial charge in [0.1, 0.15) is 6.10 Å². The van der Waals surface area contributed by atoms with E-state index in [1.807, 2.05) is 4.90 Å². The van der Waals surface area contributed by atoms with E-state index in [0.29, 0.717) is 13.2 Å². The molecular weight excluding hydrogens is 270 g/mol. The average Bonchev–Trinajstić information content (AvgIpc) is 2.57. The van der Waals surface area contributed by atoms with E-state index in [2.05, 4.69) is 10.2 Å². The van der Waals surface area contributed by atoms with Crippen LogP contribution in [0.5, 0.6) is 0 Å². The van der Waals surface area contributed by atoms with Crippen molar-refractivity contribution in [1.29, 1.82) is 0 Å². The van der Waals surface area contributed by atoms with E-state index in [1.165, 1.54) is 12.8 Å². The van der Waals surface area contributed by atoms with Gasteiger partial charge in [0.05, 0.1) is 6.61 Å². The second-order valence-electron chi connectivity index (χ2n) is 6.25. The maximum Gasteiger partial charge on any atom is 0.253 e. The lowest BCUT2D eigenvalue weighted by Gasteiger charge is -2.38. The molecular formula is C15H27N3O3. The van der Waals surface area contributed by atoms with Gasteiger partial charge in [-0.15, -0.1) is 0 Å². The Morgan fingerprint density at radius 3 is 2.52 bits per heavy atom. The molecule has 3 aliphatic rings. The monoisotopic (exact) mass is 297 g/mol. The van der Waals surface area contributed by atoms with Crippen LogP contribution in [0.15, 0.2) is 0 Å². The Bertz CT molecular complexity index is 333. The Morgan fingerprint density at radius 1 is 1.10 bits per heavy atom. The number of rotatable bonds is 3. The van der Waals surface area contributed by atoms with E-state index >= 15 is 0 Å². The van der Waals surface area contributed by atoms with Crippen molar-refractivity contribution in [2.24, 2.45) is 5.92 Å². The summed E-state index contributed by atoms with van der Waals surface area (Å²) in [6, 6.07) is 0. The normalized spacial score (nSPS) is 29.5. The first-order valence-corrected chi connectivity index (χ1v) is 8.24. The molecule has 0 radical (unpaired) electrons. The van der Waals surface area contributed by atoms with E-state index < -0.39 is 0 Å². The van der Waals surface area contributed by atoms with Gasteiger partial charge in [0.25, 0.3) is 5.91 Å². The van der Waals surface area contributed by atoms with E-state index in [1.54, 1.807) is 0 Å². The number of carbonyl (C=O) groups excluding carboxylic acids is 1. The fraction of sp³-hybridized carbons (Fsp3) is 0.933. The summed E-state index contributed by atoms with van der Waals surface area (Å²) in [6.07, 6.45) is 2.09. The van der Waals surface area contributed by atoms with Gasteiger partial charge in [-0.05, 0) is 18.8 Å². The van der Waals surface area contributed by atoms with Gasteiger partial charge in [0.2, 0.25) is 0 Å². The number of ether oxygens (including phenoxy) is 2. The number of amides is 1. The molecule has 120 valence electrons. The van der Waals surface area contributed by atoms with Gasteiger partial charge in [-0.2, -0.15) is 0 Å². The summed E-state index contributed by atoms with van der Waals surface area (Å²) in [5.74, 6) is 0.930. The molecule has 21 heavy (non-hydrogen) atoms. The highest BCUT2D eigenvalue weighted by atomic mass is 16.5. The molecule has 3 saturated heterocycles. The standard InChI is InChI=1S/C15H27N3O3/c19-15(14-11-16-3-10-21-14)18-6-4-17(5-7-18)12-13-1-8-20-9-2-13/h13-14,16H,1-12H2. The molecule has 6 nitrogen and oxygen atoms in total. The van der Waals surface area contributed by atoms with Gasteiger partial charge in [-0.25, -0.2) is 0 Å². The number of piperazine rings is 1. The predicted octanol–water partition coefficient (Wildman–Crippen LogP) is -0.454. The largest absolute Gasteiger partial charge is 0.381 e. The minimum atomic E-state index is -0.277. The molecule has 0 bridgehead atoms. The maximum absolute atomic E-state index is 12.4. The highest BCUT2D eigenvalue weighted by molar-refractivity contribution is 5.81. The van der Waals surface area contributed by atoms with Crippen molar-refractivity contribution in [2.75, 3.05) is 65.6 Å². The van der Waals surface area contributed by atoms with Gasteiger partial charge >= 0.3 is 0 Å². The fourth-order valence-electron chi connectivity index (χ4n) is 3.37. The summed E-state index contributed by atoms with van der Waals surface area (Å²) in [7, 11) is 0. The molecule has 1 unspecified atom stereocenters. The molecule has 3 rings (SSSR count). The van der Waals surface area contributed by atoms with Crippen molar-refractivity contribution in [3.8, 4) is 0 Å². The summed E-state index contributed by atoms with van der Waals surface area (Å²) >= 11 is 0. The number of carbonyl (C=O) groups is 1. The molecule has 1 atom stereocenters. The Morgan fingerprint density at radius 2 is 1.86 bits per heavy atom. The number of nitrogens with zero attached hydrogens (tertiary/aromatic N) is 2. The molecule has 1 N–H and O–H groups in total. The first-order valence-electron chi connectivity index (χ1n) is 8.24. The van der Waals surface area contributed by atoms with Crippen LogP contribution < -0.4 is 5.32 Å². The second kappa shape index (κ2) is 7.54.